The number of carbonyl (C=O) groups is 2. The highest BCUT2D eigenvalue weighted by atomic mass is 16.6. The Bertz CT molecular complexity index is 374. The number of methoxy groups -OCH3 is 2. The molecule has 0 unspecified atom stereocenters. The highest BCUT2D eigenvalue weighted by Crippen LogP contribution is 2.25. The monoisotopic (exact) mass is 376 g/mol. The molecule has 0 atom stereocenters. The van der Waals surface area contributed by atoms with E-state index in [1.165, 1.54) is 0 Å². The van der Waals surface area contributed by atoms with Crippen molar-refractivity contribution in [1.29, 1.82) is 0 Å². The number of hydrogen-bond acceptors (Lipinski definition) is 8. The van der Waals surface area contributed by atoms with Crippen LogP contribution in [0.15, 0.2) is 0 Å². The van der Waals surface area contributed by atoms with Gasteiger partial charge in [-0.1, -0.05) is 0 Å². The summed E-state index contributed by atoms with van der Waals surface area (Å²) in [6.45, 7) is 9.94. The summed E-state index contributed by atoms with van der Waals surface area (Å²) in [6.07, 6.45) is 1.16. The molecule has 0 saturated carbocycles. The van der Waals surface area contributed by atoms with E-state index in [-0.39, 0.29) is 25.0 Å². The van der Waals surface area contributed by atoms with Crippen LogP contribution in [0.1, 0.15) is 40.5 Å². The van der Waals surface area contributed by atoms with Crippen molar-refractivity contribution < 1.29 is 28.5 Å². The van der Waals surface area contributed by atoms with E-state index in [1.54, 1.807) is 14.2 Å². The van der Waals surface area contributed by atoms with Gasteiger partial charge in [0.25, 0.3) is 0 Å². The zero-order valence-corrected chi connectivity index (χ0v) is 17.1. The third kappa shape index (κ3) is 14.0. The molecule has 0 aromatic heterocycles. The van der Waals surface area contributed by atoms with E-state index in [2.05, 4.69) is 10.6 Å². The van der Waals surface area contributed by atoms with Crippen LogP contribution < -0.4 is 10.6 Å². The van der Waals surface area contributed by atoms with Crippen molar-refractivity contribution >= 4 is 11.9 Å². The summed E-state index contributed by atoms with van der Waals surface area (Å²) in [5, 5.41) is 5.90. The highest BCUT2D eigenvalue weighted by Gasteiger charge is 2.29. The highest BCUT2D eigenvalue weighted by molar-refractivity contribution is 5.72. The predicted octanol–water partition coefficient (Wildman–Crippen LogP) is 0.882. The molecule has 8 nitrogen and oxygen atoms in total. The molecule has 2 N–H and O–H groups in total. The quantitative estimate of drug-likeness (QED) is 0.321. The fourth-order valence-corrected chi connectivity index (χ4v) is 2.12. The first-order valence-corrected chi connectivity index (χ1v) is 8.95. The van der Waals surface area contributed by atoms with Gasteiger partial charge in [-0.3, -0.25) is 9.59 Å². The SMILES string of the molecule is COCCNCC(=O)OC(C)(C)CCC(C)(C)OC(=O)CNCCOC. The van der Waals surface area contributed by atoms with Gasteiger partial charge >= 0.3 is 11.9 Å². The molecule has 26 heavy (non-hydrogen) atoms. The Balaban J connectivity index is 4.16. The van der Waals surface area contributed by atoms with E-state index in [1.807, 2.05) is 27.7 Å². The molecular weight excluding hydrogens is 340 g/mol. The smallest absolute Gasteiger partial charge is 0.320 e. The third-order valence-electron chi connectivity index (χ3n) is 3.61. The van der Waals surface area contributed by atoms with Gasteiger partial charge < -0.3 is 29.6 Å². The Morgan fingerprint density at radius 2 is 1.08 bits per heavy atom. The number of hydrogen-bond donors (Lipinski definition) is 2. The Morgan fingerprint density at radius 3 is 1.38 bits per heavy atom. The van der Waals surface area contributed by atoms with Crippen molar-refractivity contribution in [2.75, 3.05) is 53.6 Å². The van der Waals surface area contributed by atoms with Crippen molar-refractivity contribution in [3.8, 4) is 0 Å². The molecule has 0 aliphatic rings. The number of carbonyl (C=O) groups excluding carboxylic acids is 2. The topological polar surface area (TPSA) is 95.1 Å². The van der Waals surface area contributed by atoms with Gasteiger partial charge in [-0.2, -0.15) is 0 Å². The molecule has 0 saturated heterocycles. The lowest BCUT2D eigenvalue weighted by Gasteiger charge is -2.31. The van der Waals surface area contributed by atoms with Crippen molar-refractivity contribution in [2.45, 2.75) is 51.7 Å². The van der Waals surface area contributed by atoms with Gasteiger partial charge in [0.05, 0.1) is 26.3 Å². The van der Waals surface area contributed by atoms with Gasteiger partial charge in [-0.25, -0.2) is 0 Å². The second kappa shape index (κ2) is 13.0. The van der Waals surface area contributed by atoms with E-state index in [0.29, 0.717) is 39.1 Å². The number of rotatable bonds is 15. The summed E-state index contributed by atoms with van der Waals surface area (Å²) >= 11 is 0. The van der Waals surface area contributed by atoms with E-state index in [4.69, 9.17) is 18.9 Å². The summed E-state index contributed by atoms with van der Waals surface area (Å²) in [5.41, 5.74) is -1.28. The number of esters is 2. The van der Waals surface area contributed by atoms with Crippen LogP contribution in [0, 0.1) is 0 Å². The maximum atomic E-state index is 11.9. The molecule has 0 amide bonds. The van der Waals surface area contributed by atoms with Crippen LogP contribution in [-0.2, 0) is 28.5 Å². The predicted molar refractivity (Wildman–Crippen MR) is 99.1 cm³/mol. The average molecular weight is 376 g/mol. The minimum Gasteiger partial charge on any atom is -0.459 e. The van der Waals surface area contributed by atoms with Crippen LogP contribution in [0.4, 0.5) is 0 Å². The molecule has 8 heteroatoms. The van der Waals surface area contributed by atoms with Gasteiger partial charge in [-0.15, -0.1) is 0 Å². The van der Waals surface area contributed by atoms with Crippen LogP contribution in [0.25, 0.3) is 0 Å². The first kappa shape index (κ1) is 24.8. The summed E-state index contributed by atoms with van der Waals surface area (Å²) in [7, 11) is 3.21. The minimum absolute atomic E-state index is 0.137. The van der Waals surface area contributed by atoms with E-state index < -0.39 is 11.2 Å². The van der Waals surface area contributed by atoms with Crippen LogP contribution >= 0.6 is 0 Å². The molecule has 0 radical (unpaired) electrons. The van der Waals surface area contributed by atoms with Crippen LogP contribution in [0.3, 0.4) is 0 Å². The first-order chi connectivity index (χ1) is 12.1. The minimum atomic E-state index is -0.638. The van der Waals surface area contributed by atoms with Crippen molar-refractivity contribution in [2.24, 2.45) is 0 Å². The molecule has 0 aliphatic heterocycles. The lowest BCUT2D eigenvalue weighted by Crippen LogP contribution is -2.38. The van der Waals surface area contributed by atoms with Gasteiger partial charge in [-0.05, 0) is 40.5 Å². The number of nitrogens with one attached hydrogen (secondary N) is 2. The van der Waals surface area contributed by atoms with E-state index in [9.17, 15) is 9.59 Å². The first-order valence-electron chi connectivity index (χ1n) is 8.95. The van der Waals surface area contributed by atoms with Gasteiger partial charge in [0.2, 0.25) is 0 Å². The molecule has 0 rings (SSSR count). The van der Waals surface area contributed by atoms with Gasteiger partial charge in [0, 0.05) is 27.3 Å². The zero-order chi connectivity index (χ0) is 20.1. The van der Waals surface area contributed by atoms with Crippen molar-refractivity contribution in [1.82, 2.24) is 10.6 Å². The molecule has 0 fully saturated rings. The lowest BCUT2D eigenvalue weighted by atomic mass is 9.93. The molecular formula is C18H36N2O6. The Morgan fingerprint density at radius 1 is 0.731 bits per heavy atom. The van der Waals surface area contributed by atoms with Crippen molar-refractivity contribution in [3.63, 3.8) is 0 Å². The van der Waals surface area contributed by atoms with Crippen LogP contribution in [0.5, 0.6) is 0 Å². The van der Waals surface area contributed by atoms with Gasteiger partial charge in [0.15, 0.2) is 0 Å². The molecule has 0 aromatic rings. The summed E-state index contributed by atoms with van der Waals surface area (Å²) in [6, 6.07) is 0. The standard InChI is InChI=1S/C18H36N2O6/c1-17(2,25-15(21)13-19-9-11-23-5)7-8-18(3,4)26-16(22)14-20-10-12-24-6/h19-20H,7-14H2,1-6H3. The van der Waals surface area contributed by atoms with E-state index in [0.717, 1.165) is 0 Å². The summed E-state index contributed by atoms with van der Waals surface area (Å²) < 4.78 is 20.8. The fourth-order valence-electron chi connectivity index (χ4n) is 2.12. The van der Waals surface area contributed by atoms with Crippen LogP contribution in [-0.4, -0.2) is 76.8 Å². The Kier molecular flexibility index (Phi) is 12.4. The maximum absolute atomic E-state index is 11.9. The summed E-state index contributed by atoms with van der Waals surface area (Å²) in [5.74, 6) is -0.633. The third-order valence-corrected chi connectivity index (χ3v) is 3.61. The number of ether oxygens (including phenoxy) is 4. The lowest BCUT2D eigenvalue weighted by molar-refractivity contribution is -0.162. The largest absolute Gasteiger partial charge is 0.459 e. The average Bonchev–Trinajstić information content (AvgIpc) is 2.53. The van der Waals surface area contributed by atoms with Crippen LogP contribution in [0.2, 0.25) is 0 Å². The molecule has 0 aromatic carbocycles. The van der Waals surface area contributed by atoms with Gasteiger partial charge in [0.1, 0.15) is 11.2 Å². The van der Waals surface area contributed by atoms with Crippen molar-refractivity contribution in [3.05, 3.63) is 0 Å². The fraction of sp³-hybridized carbons (Fsp3) is 0.889. The molecule has 0 spiro atoms. The molecule has 0 aliphatic carbocycles. The molecule has 0 bridgehead atoms. The molecule has 154 valence electrons. The van der Waals surface area contributed by atoms with E-state index >= 15 is 0 Å². The normalized spacial score (nSPS) is 12.1. The second-order valence-corrected chi connectivity index (χ2v) is 7.31. The molecule has 0 heterocycles. The maximum Gasteiger partial charge on any atom is 0.320 e. The second-order valence-electron chi connectivity index (χ2n) is 7.31. The zero-order valence-electron chi connectivity index (χ0n) is 17.1. The Hall–Kier alpha value is -1.22. The Labute approximate surface area is 157 Å². The summed E-state index contributed by atoms with van der Waals surface area (Å²) in [4.78, 5) is 23.7.